The summed E-state index contributed by atoms with van der Waals surface area (Å²) in [6.07, 6.45) is 18.4. The van der Waals surface area contributed by atoms with Gasteiger partial charge in [0.15, 0.2) is 0 Å². The third-order valence-corrected chi connectivity index (χ3v) is 8.63. The average Bonchev–Trinajstić information content (AvgIpc) is 2.62. The smallest absolute Gasteiger partial charge is 0.228 e. The van der Waals surface area contributed by atoms with E-state index in [4.69, 9.17) is 11.6 Å². The molecule has 3 saturated carbocycles. The summed E-state index contributed by atoms with van der Waals surface area (Å²) in [4.78, 5) is 12.5. The molecular weight excluding hydrogens is 328 g/mol. The Balaban J connectivity index is 1.60. The Bertz CT molecular complexity index is 439. The SMILES string of the molecule is CCCC1CCC(C2CCC3(C(=O)Cl)CC(CCC)CCC3C2)CC1. The summed E-state index contributed by atoms with van der Waals surface area (Å²) in [5.74, 6) is 4.13. The highest BCUT2D eigenvalue weighted by Gasteiger charge is 2.52. The first-order valence-corrected chi connectivity index (χ1v) is 11.7. The third kappa shape index (κ3) is 4.28. The van der Waals surface area contributed by atoms with E-state index in [-0.39, 0.29) is 10.7 Å². The van der Waals surface area contributed by atoms with E-state index in [9.17, 15) is 4.79 Å². The summed E-state index contributed by atoms with van der Waals surface area (Å²) in [5, 5.41) is 0.00315. The second-order valence-corrected chi connectivity index (χ2v) is 10.0. The van der Waals surface area contributed by atoms with E-state index < -0.39 is 0 Å². The van der Waals surface area contributed by atoms with Gasteiger partial charge in [0, 0.05) is 5.41 Å². The van der Waals surface area contributed by atoms with Crippen LogP contribution in [0, 0.1) is 35.0 Å². The van der Waals surface area contributed by atoms with Crippen LogP contribution in [-0.4, -0.2) is 5.24 Å². The van der Waals surface area contributed by atoms with Gasteiger partial charge < -0.3 is 0 Å². The van der Waals surface area contributed by atoms with Gasteiger partial charge in [-0.3, -0.25) is 4.79 Å². The molecule has 0 aromatic heterocycles. The molecule has 0 aromatic rings. The fourth-order valence-corrected chi connectivity index (χ4v) is 7.18. The van der Waals surface area contributed by atoms with Crippen molar-refractivity contribution in [1.82, 2.24) is 0 Å². The molecule has 0 aliphatic heterocycles. The molecule has 0 saturated heterocycles. The van der Waals surface area contributed by atoms with Crippen molar-refractivity contribution >= 4 is 16.8 Å². The molecule has 0 amide bonds. The highest BCUT2D eigenvalue weighted by atomic mass is 35.5. The molecule has 0 spiro atoms. The number of fused-ring (bicyclic) bond motifs is 1. The molecule has 2 heteroatoms. The summed E-state index contributed by atoms with van der Waals surface area (Å²) in [5.41, 5.74) is -0.157. The van der Waals surface area contributed by atoms with Crippen molar-refractivity contribution in [2.45, 2.75) is 104 Å². The highest BCUT2D eigenvalue weighted by molar-refractivity contribution is 6.64. The number of carbonyl (C=O) groups is 1. The van der Waals surface area contributed by atoms with E-state index in [1.807, 2.05) is 0 Å². The lowest BCUT2D eigenvalue weighted by Crippen LogP contribution is -2.46. The Morgan fingerprint density at radius 1 is 0.880 bits per heavy atom. The summed E-state index contributed by atoms with van der Waals surface area (Å²) in [6, 6.07) is 0. The molecule has 4 unspecified atom stereocenters. The van der Waals surface area contributed by atoms with Crippen LogP contribution in [0.5, 0.6) is 0 Å². The number of hydrogen-bond donors (Lipinski definition) is 0. The molecule has 3 aliphatic rings. The highest BCUT2D eigenvalue weighted by Crippen LogP contribution is 2.57. The predicted octanol–water partition coefficient (Wildman–Crippen LogP) is 7.36. The van der Waals surface area contributed by atoms with Crippen molar-refractivity contribution in [1.29, 1.82) is 0 Å². The number of carbonyl (C=O) groups excluding carboxylic acids is 1. The summed E-state index contributed by atoms with van der Waals surface area (Å²) in [7, 11) is 0. The van der Waals surface area contributed by atoms with Crippen molar-refractivity contribution in [3.8, 4) is 0 Å². The van der Waals surface area contributed by atoms with Crippen molar-refractivity contribution in [2.24, 2.45) is 35.0 Å². The van der Waals surface area contributed by atoms with E-state index in [1.54, 1.807) is 0 Å². The van der Waals surface area contributed by atoms with Crippen LogP contribution in [0.1, 0.15) is 104 Å². The molecule has 25 heavy (non-hydrogen) atoms. The van der Waals surface area contributed by atoms with Gasteiger partial charge in [0.1, 0.15) is 0 Å². The molecule has 0 heterocycles. The normalized spacial score (nSPS) is 42.0. The Morgan fingerprint density at radius 2 is 1.52 bits per heavy atom. The maximum atomic E-state index is 12.5. The Labute approximate surface area is 160 Å². The number of rotatable bonds is 6. The Hall–Kier alpha value is -0.0400. The van der Waals surface area contributed by atoms with Gasteiger partial charge in [-0.25, -0.2) is 0 Å². The molecule has 0 N–H and O–H groups in total. The zero-order valence-electron chi connectivity index (χ0n) is 16.6. The maximum absolute atomic E-state index is 12.5. The van der Waals surface area contributed by atoms with Crippen LogP contribution >= 0.6 is 11.6 Å². The van der Waals surface area contributed by atoms with Crippen LogP contribution in [0.2, 0.25) is 0 Å². The summed E-state index contributed by atoms with van der Waals surface area (Å²) >= 11 is 6.23. The van der Waals surface area contributed by atoms with Crippen LogP contribution in [0.4, 0.5) is 0 Å². The standard InChI is InChI=1S/C23H39ClO/c1-3-5-17-7-10-19(11-8-17)20-13-14-23(22(24)25)16-18(6-4-2)9-12-21(23)15-20/h17-21H,3-16H2,1-2H3. The molecule has 3 fully saturated rings. The summed E-state index contributed by atoms with van der Waals surface area (Å²) in [6.45, 7) is 4.60. The lowest BCUT2D eigenvalue weighted by Gasteiger charge is -2.51. The molecule has 3 rings (SSSR count). The van der Waals surface area contributed by atoms with Gasteiger partial charge in [-0.1, -0.05) is 58.8 Å². The monoisotopic (exact) mass is 366 g/mol. The zero-order chi connectivity index (χ0) is 17.9. The zero-order valence-corrected chi connectivity index (χ0v) is 17.3. The van der Waals surface area contributed by atoms with Crippen molar-refractivity contribution < 1.29 is 4.79 Å². The Kier molecular flexibility index (Phi) is 6.91. The average molecular weight is 367 g/mol. The van der Waals surface area contributed by atoms with Crippen molar-refractivity contribution in [2.75, 3.05) is 0 Å². The van der Waals surface area contributed by atoms with Crippen molar-refractivity contribution in [3.63, 3.8) is 0 Å². The van der Waals surface area contributed by atoms with E-state index in [0.29, 0.717) is 5.92 Å². The van der Waals surface area contributed by atoms with Crippen LogP contribution in [0.3, 0.4) is 0 Å². The molecule has 0 radical (unpaired) electrons. The van der Waals surface area contributed by atoms with Gasteiger partial charge >= 0.3 is 0 Å². The minimum atomic E-state index is -0.157. The molecule has 4 atom stereocenters. The van der Waals surface area contributed by atoms with Crippen LogP contribution in [-0.2, 0) is 4.79 Å². The third-order valence-electron chi connectivity index (χ3n) is 8.25. The van der Waals surface area contributed by atoms with E-state index in [1.165, 1.54) is 77.0 Å². The van der Waals surface area contributed by atoms with E-state index >= 15 is 0 Å². The number of hydrogen-bond acceptors (Lipinski definition) is 1. The van der Waals surface area contributed by atoms with Gasteiger partial charge in [0.25, 0.3) is 0 Å². The predicted molar refractivity (Wildman–Crippen MR) is 107 cm³/mol. The topological polar surface area (TPSA) is 17.1 Å². The van der Waals surface area contributed by atoms with E-state index in [0.717, 1.165) is 36.5 Å². The quantitative estimate of drug-likeness (QED) is 0.448. The molecule has 144 valence electrons. The lowest BCUT2D eigenvalue weighted by atomic mass is 9.53. The fourth-order valence-electron chi connectivity index (χ4n) is 6.85. The first-order chi connectivity index (χ1) is 12.1. The van der Waals surface area contributed by atoms with Gasteiger partial charge in [0.05, 0.1) is 0 Å². The summed E-state index contributed by atoms with van der Waals surface area (Å²) < 4.78 is 0. The van der Waals surface area contributed by atoms with Crippen LogP contribution in [0.25, 0.3) is 0 Å². The maximum Gasteiger partial charge on any atom is 0.228 e. The first-order valence-electron chi connectivity index (χ1n) is 11.3. The molecular formula is C23H39ClO. The van der Waals surface area contributed by atoms with Gasteiger partial charge in [0.2, 0.25) is 5.24 Å². The minimum Gasteiger partial charge on any atom is -0.281 e. The second kappa shape index (κ2) is 8.77. The molecule has 1 nitrogen and oxygen atoms in total. The van der Waals surface area contributed by atoms with Gasteiger partial charge in [-0.2, -0.15) is 0 Å². The lowest BCUT2D eigenvalue weighted by molar-refractivity contribution is -0.132. The Morgan fingerprint density at radius 3 is 2.16 bits per heavy atom. The molecule has 0 bridgehead atoms. The molecule has 0 aromatic carbocycles. The van der Waals surface area contributed by atoms with Crippen LogP contribution in [0.15, 0.2) is 0 Å². The second-order valence-electron chi connectivity index (χ2n) is 9.67. The van der Waals surface area contributed by atoms with Crippen LogP contribution < -0.4 is 0 Å². The molecule has 3 aliphatic carbocycles. The van der Waals surface area contributed by atoms with Crippen molar-refractivity contribution in [3.05, 3.63) is 0 Å². The first kappa shape index (κ1) is 19.7. The largest absolute Gasteiger partial charge is 0.281 e. The minimum absolute atomic E-state index is 0.00315. The van der Waals surface area contributed by atoms with Gasteiger partial charge in [-0.05, 0) is 86.1 Å². The van der Waals surface area contributed by atoms with E-state index in [2.05, 4.69) is 13.8 Å². The van der Waals surface area contributed by atoms with Gasteiger partial charge in [-0.15, -0.1) is 0 Å². The fraction of sp³-hybridized carbons (Fsp3) is 0.957. The number of halogens is 1.